The van der Waals surface area contributed by atoms with Gasteiger partial charge in [-0.15, -0.1) is 0 Å². The van der Waals surface area contributed by atoms with Crippen molar-refractivity contribution in [1.29, 1.82) is 0 Å². The summed E-state index contributed by atoms with van der Waals surface area (Å²) in [6.45, 7) is 0.984. The number of hydrogen-bond donors (Lipinski definition) is 1. The number of likely N-dealkylation sites (tertiary alicyclic amines) is 1. The van der Waals surface area contributed by atoms with Gasteiger partial charge in [0.25, 0.3) is 0 Å². The molecule has 0 aromatic heterocycles. The van der Waals surface area contributed by atoms with Crippen molar-refractivity contribution < 1.29 is 9.53 Å². The van der Waals surface area contributed by atoms with Crippen LogP contribution in [0.4, 0.5) is 4.79 Å². The smallest absolute Gasteiger partial charge is 0.406 e. The second-order valence-electron chi connectivity index (χ2n) is 2.51. The number of carbonyl (C=O) groups excluding carboxylic acids is 1. The highest BCUT2D eigenvalue weighted by Gasteiger charge is 2.23. The van der Waals surface area contributed by atoms with E-state index in [1.54, 1.807) is 0 Å². The summed E-state index contributed by atoms with van der Waals surface area (Å²) >= 11 is 0. The first kappa shape index (κ1) is 7.34. The van der Waals surface area contributed by atoms with Crippen molar-refractivity contribution in [2.75, 3.05) is 13.6 Å². The number of hydrogen-bond acceptors (Lipinski definition) is 3. The van der Waals surface area contributed by atoms with Crippen molar-refractivity contribution in [2.24, 2.45) is 5.73 Å². The maximum Gasteiger partial charge on any atom is 0.406 e. The largest absolute Gasteiger partial charge is 0.430 e. The van der Waals surface area contributed by atoms with Crippen LogP contribution in [0, 0.1) is 0 Å². The molecule has 1 aliphatic rings. The molecule has 1 heterocycles. The molecule has 0 aliphatic carbocycles. The van der Waals surface area contributed by atoms with E-state index >= 15 is 0 Å². The molecule has 4 nitrogen and oxygen atoms in total. The van der Waals surface area contributed by atoms with Gasteiger partial charge in [-0.3, -0.25) is 4.90 Å². The summed E-state index contributed by atoms with van der Waals surface area (Å²) in [6, 6.07) is 0. The molecule has 0 saturated carbocycles. The molecule has 1 fully saturated rings. The summed E-state index contributed by atoms with van der Waals surface area (Å²) in [4.78, 5) is 12.3. The molecule has 0 aromatic carbocycles. The Kier molecular flexibility index (Phi) is 2.11. The molecular weight excluding hydrogens is 132 g/mol. The fourth-order valence-corrected chi connectivity index (χ4v) is 1.16. The van der Waals surface area contributed by atoms with E-state index in [1.165, 1.54) is 0 Å². The van der Waals surface area contributed by atoms with E-state index in [1.807, 2.05) is 11.9 Å². The van der Waals surface area contributed by atoms with Gasteiger partial charge in [0.05, 0.1) is 0 Å². The molecule has 0 spiro atoms. The van der Waals surface area contributed by atoms with E-state index in [9.17, 15) is 4.79 Å². The monoisotopic (exact) mass is 144 g/mol. The van der Waals surface area contributed by atoms with E-state index in [2.05, 4.69) is 0 Å². The molecule has 1 saturated heterocycles. The predicted octanol–water partition coefficient (Wildman–Crippen LogP) is 0.133. The van der Waals surface area contributed by atoms with Crippen LogP contribution in [0.3, 0.4) is 0 Å². The Balaban J connectivity index is 2.33. The van der Waals surface area contributed by atoms with Gasteiger partial charge >= 0.3 is 6.09 Å². The molecule has 0 radical (unpaired) electrons. The molecule has 10 heavy (non-hydrogen) atoms. The first-order chi connectivity index (χ1) is 4.70. The highest BCUT2D eigenvalue weighted by Crippen LogP contribution is 2.14. The molecule has 58 valence electrons. The lowest BCUT2D eigenvalue weighted by Gasteiger charge is -2.17. The minimum Gasteiger partial charge on any atom is -0.430 e. The third-order valence-corrected chi connectivity index (χ3v) is 1.71. The van der Waals surface area contributed by atoms with Gasteiger partial charge in [-0.1, -0.05) is 0 Å². The molecule has 1 atom stereocenters. The van der Waals surface area contributed by atoms with Crippen LogP contribution < -0.4 is 5.73 Å². The fraction of sp³-hybridized carbons (Fsp3) is 0.833. The molecule has 4 heteroatoms. The molecule has 0 bridgehead atoms. The van der Waals surface area contributed by atoms with E-state index in [-0.39, 0.29) is 6.23 Å². The Morgan fingerprint density at radius 1 is 1.80 bits per heavy atom. The molecular formula is C6H12N2O2. The number of ether oxygens (including phenoxy) is 1. The second-order valence-corrected chi connectivity index (χ2v) is 2.51. The van der Waals surface area contributed by atoms with Crippen LogP contribution >= 0.6 is 0 Å². The van der Waals surface area contributed by atoms with Crippen molar-refractivity contribution in [2.45, 2.75) is 19.1 Å². The molecule has 1 rings (SSSR count). The lowest BCUT2D eigenvalue weighted by molar-refractivity contribution is 0.0322. The maximum atomic E-state index is 10.3. The van der Waals surface area contributed by atoms with Gasteiger partial charge < -0.3 is 10.5 Å². The number of amides is 1. The minimum absolute atomic E-state index is 0.0856. The Hall–Kier alpha value is -0.770. The molecule has 1 amide bonds. The molecule has 1 unspecified atom stereocenters. The van der Waals surface area contributed by atoms with Gasteiger partial charge in [0, 0.05) is 6.54 Å². The minimum atomic E-state index is -0.682. The zero-order valence-corrected chi connectivity index (χ0v) is 6.04. The zero-order chi connectivity index (χ0) is 7.56. The van der Waals surface area contributed by atoms with Crippen LogP contribution in [-0.2, 0) is 4.74 Å². The number of nitrogens with zero attached hydrogens (tertiary/aromatic N) is 1. The molecule has 2 N–H and O–H groups in total. The third kappa shape index (κ3) is 1.60. The first-order valence-electron chi connectivity index (χ1n) is 3.36. The van der Waals surface area contributed by atoms with Gasteiger partial charge in [-0.05, 0) is 19.9 Å². The lowest BCUT2D eigenvalue weighted by atomic mass is 10.4. The number of nitrogens with two attached hydrogens (primary N) is 1. The fourth-order valence-electron chi connectivity index (χ4n) is 1.16. The highest BCUT2D eigenvalue weighted by atomic mass is 16.6. The van der Waals surface area contributed by atoms with E-state index in [4.69, 9.17) is 10.5 Å². The average molecular weight is 144 g/mol. The Labute approximate surface area is 59.9 Å². The first-order valence-corrected chi connectivity index (χ1v) is 3.36. The van der Waals surface area contributed by atoms with E-state index < -0.39 is 6.09 Å². The summed E-state index contributed by atoms with van der Waals surface area (Å²) in [5, 5.41) is 0. The summed E-state index contributed by atoms with van der Waals surface area (Å²) in [7, 11) is 1.92. The Morgan fingerprint density at radius 2 is 2.50 bits per heavy atom. The van der Waals surface area contributed by atoms with Crippen LogP contribution in [0.15, 0.2) is 0 Å². The van der Waals surface area contributed by atoms with Crippen LogP contribution in [-0.4, -0.2) is 30.8 Å². The van der Waals surface area contributed by atoms with Crippen molar-refractivity contribution >= 4 is 6.09 Å². The predicted molar refractivity (Wildman–Crippen MR) is 36.3 cm³/mol. The molecule has 0 aromatic rings. The summed E-state index contributed by atoms with van der Waals surface area (Å²) in [6.07, 6.45) is 1.21. The average Bonchev–Trinajstić information content (AvgIpc) is 2.15. The normalized spacial score (nSPS) is 26.7. The van der Waals surface area contributed by atoms with Crippen LogP contribution in [0.25, 0.3) is 0 Å². The van der Waals surface area contributed by atoms with Crippen molar-refractivity contribution in [3.8, 4) is 0 Å². The highest BCUT2D eigenvalue weighted by molar-refractivity contribution is 5.64. The summed E-state index contributed by atoms with van der Waals surface area (Å²) < 4.78 is 4.79. The summed E-state index contributed by atoms with van der Waals surface area (Å²) in [5.74, 6) is 0. The van der Waals surface area contributed by atoms with E-state index in [0.29, 0.717) is 0 Å². The number of carbonyl (C=O) groups is 1. The van der Waals surface area contributed by atoms with Gasteiger partial charge in [0.1, 0.15) is 0 Å². The van der Waals surface area contributed by atoms with Crippen molar-refractivity contribution in [1.82, 2.24) is 4.90 Å². The lowest BCUT2D eigenvalue weighted by Crippen LogP contribution is -2.32. The SMILES string of the molecule is CN1CCCC1OC(N)=O. The Morgan fingerprint density at radius 3 is 2.90 bits per heavy atom. The van der Waals surface area contributed by atoms with Crippen LogP contribution in [0.5, 0.6) is 0 Å². The van der Waals surface area contributed by atoms with Crippen molar-refractivity contribution in [3.05, 3.63) is 0 Å². The standard InChI is InChI=1S/C6H12N2O2/c1-8-4-2-3-5(8)10-6(7)9/h5H,2-4H2,1H3,(H2,7,9). The Bertz CT molecular complexity index is 138. The maximum absolute atomic E-state index is 10.3. The third-order valence-electron chi connectivity index (χ3n) is 1.71. The topological polar surface area (TPSA) is 55.6 Å². The van der Waals surface area contributed by atoms with E-state index in [0.717, 1.165) is 19.4 Å². The van der Waals surface area contributed by atoms with Gasteiger partial charge in [-0.25, -0.2) is 4.79 Å². The van der Waals surface area contributed by atoms with Crippen LogP contribution in [0.2, 0.25) is 0 Å². The van der Waals surface area contributed by atoms with Crippen LogP contribution in [0.1, 0.15) is 12.8 Å². The second kappa shape index (κ2) is 2.88. The number of primary amides is 1. The zero-order valence-electron chi connectivity index (χ0n) is 6.04. The quantitative estimate of drug-likeness (QED) is 0.569. The summed E-state index contributed by atoms with van der Waals surface area (Å²) in [5.41, 5.74) is 4.85. The molecule has 1 aliphatic heterocycles. The van der Waals surface area contributed by atoms with Gasteiger partial charge in [0.2, 0.25) is 0 Å². The van der Waals surface area contributed by atoms with Crippen molar-refractivity contribution in [3.63, 3.8) is 0 Å². The van der Waals surface area contributed by atoms with Gasteiger partial charge in [-0.2, -0.15) is 0 Å². The van der Waals surface area contributed by atoms with Gasteiger partial charge in [0.15, 0.2) is 6.23 Å². The number of rotatable bonds is 1.